The molecule has 0 unspecified atom stereocenters. The van der Waals surface area contributed by atoms with Crippen molar-refractivity contribution in [2.45, 2.75) is 38.6 Å². The lowest BCUT2D eigenvalue weighted by atomic mass is 10.1. The smallest absolute Gasteiger partial charge is 0.331 e. The highest BCUT2D eigenvalue weighted by Gasteiger charge is 2.18. The van der Waals surface area contributed by atoms with Gasteiger partial charge >= 0.3 is 12.0 Å². The van der Waals surface area contributed by atoms with Crippen molar-refractivity contribution in [3.05, 3.63) is 40.4 Å². The Morgan fingerprint density at radius 2 is 2.00 bits per heavy atom. The molecule has 2 rings (SSSR count). The highest BCUT2D eigenvalue weighted by molar-refractivity contribution is 6.31. The number of rotatable bonds is 5. The number of aryl methyl sites for hydroxylation is 1. The molecule has 134 valence electrons. The standard InChI is InChI=1S/C18H21ClN2O4/c1-12-6-7-13(10-15(12)19)8-9-17(23)25-11-16(22)21-18(24)20-14-4-2-3-5-14/h6-10,14H,2-5,11H2,1H3,(H2,20,21,22,24)/b9-8+. The summed E-state index contributed by atoms with van der Waals surface area (Å²) < 4.78 is 4.80. The molecule has 6 nitrogen and oxygen atoms in total. The minimum atomic E-state index is -0.678. The molecule has 7 heteroatoms. The van der Waals surface area contributed by atoms with Gasteiger partial charge in [-0.3, -0.25) is 10.1 Å². The summed E-state index contributed by atoms with van der Waals surface area (Å²) in [4.78, 5) is 34.8. The van der Waals surface area contributed by atoms with Gasteiger partial charge < -0.3 is 10.1 Å². The third-order valence-electron chi connectivity index (χ3n) is 3.90. The van der Waals surface area contributed by atoms with Gasteiger partial charge in [-0.25, -0.2) is 9.59 Å². The van der Waals surface area contributed by atoms with E-state index in [1.165, 1.54) is 6.08 Å². The third kappa shape index (κ3) is 6.58. The number of amides is 3. The summed E-state index contributed by atoms with van der Waals surface area (Å²) in [6, 6.07) is 4.92. The lowest BCUT2D eigenvalue weighted by Crippen LogP contribution is -2.44. The Morgan fingerprint density at radius 1 is 1.28 bits per heavy atom. The Hall–Kier alpha value is -2.34. The van der Waals surface area contributed by atoms with Crippen LogP contribution in [0.15, 0.2) is 24.3 Å². The summed E-state index contributed by atoms with van der Waals surface area (Å²) in [5, 5.41) is 5.46. The molecule has 25 heavy (non-hydrogen) atoms. The Bertz CT molecular complexity index is 682. The van der Waals surface area contributed by atoms with Crippen molar-refractivity contribution in [2.24, 2.45) is 0 Å². The molecule has 1 aromatic carbocycles. The maximum atomic E-state index is 11.6. The number of halogens is 1. The van der Waals surface area contributed by atoms with Crippen LogP contribution in [-0.2, 0) is 14.3 Å². The van der Waals surface area contributed by atoms with E-state index in [1.807, 2.05) is 19.1 Å². The van der Waals surface area contributed by atoms with E-state index in [4.69, 9.17) is 16.3 Å². The predicted molar refractivity (Wildman–Crippen MR) is 95.1 cm³/mol. The number of esters is 1. The van der Waals surface area contributed by atoms with Gasteiger partial charge in [0.15, 0.2) is 6.61 Å². The van der Waals surface area contributed by atoms with Crippen molar-refractivity contribution < 1.29 is 19.1 Å². The van der Waals surface area contributed by atoms with Gasteiger partial charge in [-0.2, -0.15) is 0 Å². The molecule has 2 N–H and O–H groups in total. The van der Waals surface area contributed by atoms with Crippen LogP contribution in [0, 0.1) is 6.92 Å². The summed E-state index contributed by atoms with van der Waals surface area (Å²) in [6.07, 6.45) is 6.74. The zero-order valence-electron chi connectivity index (χ0n) is 14.0. The highest BCUT2D eigenvalue weighted by Crippen LogP contribution is 2.18. The fourth-order valence-electron chi connectivity index (χ4n) is 2.52. The summed E-state index contributed by atoms with van der Waals surface area (Å²) in [5.41, 5.74) is 1.68. The maximum absolute atomic E-state index is 11.6. The van der Waals surface area contributed by atoms with Crippen molar-refractivity contribution in [1.82, 2.24) is 10.6 Å². The topological polar surface area (TPSA) is 84.5 Å². The van der Waals surface area contributed by atoms with Gasteiger partial charge in [-0.1, -0.05) is 36.6 Å². The Kier molecular flexibility index (Phi) is 7.01. The van der Waals surface area contributed by atoms with Crippen molar-refractivity contribution in [3.8, 4) is 0 Å². The summed E-state index contributed by atoms with van der Waals surface area (Å²) in [5.74, 6) is -1.35. The fourth-order valence-corrected chi connectivity index (χ4v) is 2.71. The molecule has 1 saturated carbocycles. The van der Waals surface area contributed by atoms with E-state index in [9.17, 15) is 14.4 Å². The first-order valence-corrected chi connectivity index (χ1v) is 8.53. The van der Waals surface area contributed by atoms with Crippen LogP contribution >= 0.6 is 11.6 Å². The molecule has 1 aromatic rings. The van der Waals surface area contributed by atoms with Crippen molar-refractivity contribution in [3.63, 3.8) is 0 Å². The number of hydrogen-bond acceptors (Lipinski definition) is 4. The molecule has 0 radical (unpaired) electrons. The minimum absolute atomic E-state index is 0.111. The van der Waals surface area contributed by atoms with E-state index in [-0.39, 0.29) is 6.04 Å². The molecule has 0 atom stereocenters. The van der Waals surface area contributed by atoms with E-state index in [2.05, 4.69) is 10.6 Å². The normalized spacial score (nSPS) is 14.5. The van der Waals surface area contributed by atoms with Crippen molar-refractivity contribution in [1.29, 1.82) is 0 Å². The van der Waals surface area contributed by atoms with Crippen LogP contribution in [0.5, 0.6) is 0 Å². The second-order valence-electron chi connectivity index (χ2n) is 5.95. The molecule has 0 aliphatic heterocycles. The van der Waals surface area contributed by atoms with Crippen LogP contribution in [0.4, 0.5) is 4.79 Å². The second kappa shape index (κ2) is 9.22. The third-order valence-corrected chi connectivity index (χ3v) is 4.30. The number of hydrogen-bond donors (Lipinski definition) is 2. The van der Waals surface area contributed by atoms with E-state index < -0.39 is 24.5 Å². The lowest BCUT2D eigenvalue weighted by Gasteiger charge is -2.12. The van der Waals surface area contributed by atoms with Gasteiger partial charge in [0.1, 0.15) is 0 Å². The summed E-state index contributed by atoms with van der Waals surface area (Å²) in [6.45, 7) is 1.36. The number of nitrogens with one attached hydrogen (secondary N) is 2. The van der Waals surface area contributed by atoms with E-state index in [0.29, 0.717) is 5.02 Å². The van der Waals surface area contributed by atoms with Gasteiger partial charge in [-0.15, -0.1) is 0 Å². The van der Waals surface area contributed by atoms with Crippen LogP contribution in [0.25, 0.3) is 6.08 Å². The molecule has 1 aliphatic rings. The number of ether oxygens (including phenoxy) is 1. The van der Waals surface area contributed by atoms with Crippen LogP contribution in [-0.4, -0.2) is 30.6 Å². The second-order valence-corrected chi connectivity index (χ2v) is 6.36. The number of carbonyl (C=O) groups excluding carboxylic acids is 3. The van der Waals surface area contributed by atoms with Gasteiger partial charge in [0.05, 0.1) is 0 Å². The first-order chi connectivity index (χ1) is 11.9. The lowest BCUT2D eigenvalue weighted by molar-refractivity contribution is -0.143. The van der Waals surface area contributed by atoms with Crippen LogP contribution < -0.4 is 10.6 Å². The molecular formula is C18H21ClN2O4. The summed E-state index contributed by atoms with van der Waals surface area (Å²) >= 11 is 6.00. The van der Waals surface area contributed by atoms with E-state index >= 15 is 0 Å². The minimum Gasteiger partial charge on any atom is -0.452 e. The Labute approximate surface area is 151 Å². The quantitative estimate of drug-likeness (QED) is 0.621. The molecule has 1 fully saturated rings. The molecule has 0 saturated heterocycles. The number of urea groups is 1. The number of imide groups is 1. The zero-order chi connectivity index (χ0) is 18.2. The van der Waals surface area contributed by atoms with E-state index in [1.54, 1.807) is 12.1 Å². The average Bonchev–Trinajstić information content (AvgIpc) is 3.06. The monoisotopic (exact) mass is 364 g/mol. The number of benzene rings is 1. The van der Waals surface area contributed by atoms with Crippen LogP contribution in [0.1, 0.15) is 36.8 Å². The Balaban J connectivity index is 1.71. The molecule has 0 heterocycles. The van der Waals surface area contributed by atoms with Gasteiger partial charge in [-0.05, 0) is 43.0 Å². The Morgan fingerprint density at radius 3 is 2.68 bits per heavy atom. The van der Waals surface area contributed by atoms with Crippen molar-refractivity contribution >= 4 is 35.6 Å². The molecule has 0 aromatic heterocycles. The van der Waals surface area contributed by atoms with Gasteiger partial charge in [0, 0.05) is 17.1 Å². The van der Waals surface area contributed by atoms with E-state index in [0.717, 1.165) is 36.8 Å². The molecule has 0 spiro atoms. The first kappa shape index (κ1) is 19.0. The average molecular weight is 365 g/mol. The van der Waals surface area contributed by atoms with Crippen molar-refractivity contribution in [2.75, 3.05) is 6.61 Å². The van der Waals surface area contributed by atoms with Gasteiger partial charge in [0.2, 0.25) is 0 Å². The zero-order valence-corrected chi connectivity index (χ0v) is 14.8. The largest absolute Gasteiger partial charge is 0.452 e. The molecule has 0 bridgehead atoms. The fraction of sp³-hybridized carbons (Fsp3) is 0.389. The summed E-state index contributed by atoms with van der Waals surface area (Å²) in [7, 11) is 0. The van der Waals surface area contributed by atoms with Crippen LogP contribution in [0.2, 0.25) is 5.02 Å². The highest BCUT2D eigenvalue weighted by atomic mass is 35.5. The maximum Gasteiger partial charge on any atom is 0.331 e. The number of carbonyl (C=O) groups is 3. The first-order valence-electron chi connectivity index (χ1n) is 8.15. The SMILES string of the molecule is Cc1ccc(/C=C/C(=O)OCC(=O)NC(=O)NC2CCCC2)cc1Cl. The van der Waals surface area contributed by atoms with Crippen LogP contribution in [0.3, 0.4) is 0 Å². The predicted octanol–water partition coefficient (Wildman–Crippen LogP) is 2.97. The molecule has 1 aliphatic carbocycles. The molecule has 3 amide bonds. The van der Waals surface area contributed by atoms with Gasteiger partial charge in [0.25, 0.3) is 5.91 Å². The molecular weight excluding hydrogens is 344 g/mol.